The van der Waals surface area contributed by atoms with Gasteiger partial charge >= 0.3 is 0 Å². The number of rotatable bonds is 5. The van der Waals surface area contributed by atoms with Crippen molar-refractivity contribution in [2.45, 2.75) is 19.1 Å². The molecule has 0 aliphatic carbocycles. The summed E-state index contributed by atoms with van der Waals surface area (Å²) in [6.45, 7) is 2.00. The second-order valence-corrected chi connectivity index (χ2v) is 5.41. The lowest BCUT2D eigenvalue weighted by atomic mass is 9.94. The van der Waals surface area contributed by atoms with Gasteiger partial charge in [-0.3, -0.25) is 4.90 Å². The Morgan fingerprint density at radius 2 is 2.15 bits per heavy atom. The fourth-order valence-corrected chi connectivity index (χ4v) is 3.08. The van der Waals surface area contributed by atoms with E-state index in [0.29, 0.717) is 24.8 Å². The summed E-state index contributed by atoms with van der Waals surface area (Å²) in [7, 11) is 5.26. The molecule has 1 aromatic carbocycles. The summed E-state index contributed by atoms with van der Waals surface area (Å²) in [6, 6.07) is 3.17. The van der Waals surface area contributed by atoms with Crippen LogP contribution in [0.1, 0.15) is 23.6 Å². The maximum atomic E-state index is 13.7. The van der Waals surface area contributed by atoms with Crippen molar-refractivity contribution in [1.82, 2.24) is 4.90 Å². The predicted octanol–water partition coefficient (Wildman–Crippen LogP) is 1.93. The highest BCUT2D eigenvalue weighted by Crippen LogP contribution is 2.40. The quantitative estimate of drug-likeness (QED) is 0.896. The molecule has 2 atom stereocenters. The van der Waals surface area contributed by atoms with Crippen LogP contribution in [0.15, 0.2) is 12.1 Å². The molecule has 2 N–H and O–H groups in total. The molecule has 4 nitrogen and oxygen atoms in total. The monoisotopic (exact) mass is 282 g/mol. The van der Waals surface area contributed by atoms with Gasteiger partial charge < -0.3 is 15.2 Å². The zero-order valence-electron chi connectivity index (χ0n) is 12.4. The number of likely N-dealkylation sites (tertiary alicyclic amines) is 1. The van der Waals surface area contributed by atoms with E-state index < -0.39 is 0 Å². The van der Waals surface area contributed by atoms with Gasteiger partial charge in [0.05, 0.1) is 13.7 Å². The number of hydrogen-bond donors (Lipinski definition) is 1. The summed E-state index contributed by atoms with van der Waals surface area (Å²) in [4.78, 5) is 2.26. The van der Waals surface area contributed by atoms with E-state index in [9.17, 15) is 4.39 Å². The number of ether oxygens (including phenoxy) is 2. The molecule has 1 heterocycles. The van der Waals surface area contributed by atoms with Crippen LogP contribution in [0.5, 0.6) is 5.75 Å². The number of hydrogen-bond acceptors (Lipinski definition) is 4. The molecule has 0 radical (unpaired) electrons. The third kappa shape index (κ3) is 2.95. The van der Waals surface area contributed by atoms with E-state index in [1.54, 1.807) is 14.2 Å². The third-order valence-corrected chi connectivity index (χ3v) is 4.01. The highest BCUT2D eigenvalue weighted by Gasteiger charge is 2.33. The van der Waals surface area contributed by atoms with Crippen molar-refractivity contribution < 1.29 is 13.9 Å². The lowest BCUT2D eigenvalue weighted by Gasteiger charge is -2.24. The summed E-state index contributed by atoms with van der Waals surface area (Å²) >= 11 is 0. The van der Waals surface area contributed by atoms with E-state index in [0.717, 1.165) is 24.1 Å². The molecule has 2 unspecified atom stereocenters. The summed E-state index contributed by atoms with van der Waals surface area (Å²) in [6.07, 6.45) is 0.964. The highest BCUT2D eigenvalue weighted by atomic mass is 19.1. The number of benzene rings is 1. The molecule has 20 heavy (non-hydrogen) atoms. The summed E-state index contributed by atoms with van der Waals surface area (Å²) in [5.74, 6) is 0.760. The van der Waals surface area contributed by atoms with Crippen molar-refractivity contribution in [2.75, 3.05) is 34.4 Å². The summed E-state index contributed by atoms with van der Waals surface area (Å²) in [5, 5.41) is 0. The largest absolute Gasteiger partial charge is 0.496 e. The Morgan fingerprint density at radius 3 is 2.70 bits per heavy atom. The smallest absolute Gasteiger partial charge is 0.127 e. The first-order valence-corrected chi connectivity index (χ1v) is 6.86. The van der Waals surface area contributed by atoms with Crippen molar-refractivity contribution in [2.24, 2.45) is 11.7 Å². The average molecular weight is 282 g/mol. The van der Waals surface area contributed by atoms with Crippen molar-refractivity contribution in [3.63, 3.8) is 0 Å². The van der Waals surface area contributed by atoms with Gasteiger partial charge in [-0.1, -0.05) is 0 Å². The number of nitrogens with two attached hydrogens (primary N) is 1. The van der Waals surface area contributed by atoms with Crippen LogP contribution in [0.4, 0.5) is 4.39 Å². The number of halogens is 1. The van der Waals surface area contributed by atoms with Crippen molar-refractivity contribution >= 4 is 0 Å². The minimum atomic E-state index is -0.298. The summed E-state index contributed by atoms with van der Waals surface area (Å²) < 4.78 is 24.3. The van der Waals surface area contributed by atoms with Gasteiger partial charge in [-0.05, 0) is 37.6 Å². The van der Waals surface area contributed by atoms with E-state index >= 15 is 0 Å². The lowest BCUT2D eigenvalue weighted by molar-refractivity contribution is 0.181. The molecule has 0 amide bonds. The van der Waals surface area contributed by atoms with E-state index in [1.165, 1.54) is 12.1 Å². The van der Waals surface area contributed by atoms with Crippen molar-refractivity contribution in [3.05, 3.63) is 29.1 Å². The Morgan fingerprint density at radius 1 is 1.40 bits per heavy atom. The van der Waals surface area contributed by atoms with Crippen LogP contribution in [0.2, 0.25) is 0 Å². The van der Waals surface area contributed by atoms with Crippen molar-refractivity contribution in [3.8, 4) is 5.75 Å². The van der Waals surface area contributed by atoms with Gasteiger partial charge in [0.2, 0.25) is 0 Å². The van der Waals surface area contributed by atoms with Gasteiger partial charge in [0.15, 0.2) is 0 Å². The zero-order valence-corrected chi connectivity index (χ0v) is 12.4. The molecule has 0 spiro atoms. The van der Waals surface area contributed by atoms with Gasteiger partial charge in [-0.25, -0.2) is 4.39 Å². The lowest BCUT2D eigenvalue weighted by Crippen LogP contribution is -2.21. The Labute approximate surface area is 119 Å². The Balaban J connectivity index is 2.43. The molecule has 1 aromatic rings. The molecule has 0 aromatic heterocycles. The molecule has 1 saturated heterocycles. The molecule has 0 saturated carbocycles. The summed E-state index contributed by atoms with van der Waals surface area (Å²) in [5.41, 5.74) is 7.65. The predicted molar refractivity (Wildman–Crippen MR) is 76.2 cm³/mol. The SMILES string of the molecule is COCc1cc(F)cc(OC)c1C1CC(CN)CN1C. The van der Waals surface area contributed by atoms with Crippen molar-refractivity contribution in [1.29, 1.82) is 0 Å². The van der Waals surface area contributed by atoms with Gasteiger partial charge in [0, 0.05) is 31.3 Å². The van der Waals surface area contributed by atoms with Crippen LogP contribution in [-0.2, 0) is 11.3 Å². The molecular formula is C15H23FN2O2. The molecule has 1 aliphatic rings. The van der Waals surface area contributed by atoms with E-state index in [4.69, 9.17) is 15.2 Å². The first-order valence-electron chi connectivity index (χ1n) is 6.86. The minimum absolute atomic E-state index is 0.198. The maximum absolute atomic E-state index is 13.7. The molecule has 0 bridgehead atoms. The Bertz CT molecular complexity index is 467. The fourth-order valence-electron chi connectivity index (χ4n) is 3.08. The van der Waals surface area contributed by atoms with Gasteiger partial charge in [0.25, 0.3) is 0 Å². The zero-order chi connectivity index (χ0) is 14.7. The molecule has 1 aliphatic heterocycles. The Hall–Kier alpha value is -1.17. The topological polar surface area (TPSA) is 47.7 Å². The second kappa shape index (κ2) is 6.52. The van der Waals surface area contributed by atoms with Gasteiger partial charge in [-0.15, -0.1) is 0 Å². The standard InChI is InChI=1S/C15H23FN2O2/c1-18-8-10(7-17)4-13(18)15-11(9-19-2)5-12(16)6-14(15)20-3/h5-6,10,13H,4,7-9,17H2,1-3H3. The fraction of sp³-hybridized carbons (Fsp3) is 0.600. The first kappa shape index (κ1) is 15.2. The number of nitrogens with zero attached hydrogens (tertiary/aromatic N) is 1. The van der Waals surface area contributed by atoms with Crippen LogP contribution in [-0.4, -0.2) is 39.3 Å². The van der Waals surface area contributed by atoms with E-state index in [1.807, 2.05) is 0 Å². The maximum Gasteiger partial charge on any atom is 0.127 e. The van der Waals surface area contributed by atoms with Crippen LogP contribution in [0.3, 0.4) is 0 Å². The second-order valence-electron chi connectivity index (χ2n) is 5.41. The molecule has 1 fully saturated rings. The number of methoxy groups -OCH3 is 2. The average Bonchev–Trinajstić information content (AvgIpc) is 2.79. The van der Waals surface area contributed by atoms with Crippen LogP contribution in [0.25, 0.3) is 0 Å². The third-order valence-electron chi connectivity index (χ3n) is 4.01. The molecular weight excluding hydrogens is 259 g/mol. The minimum Gasteiger partial charge on any atom is -0.496 e. The van der Waals surface area contributed by atoms with E-state index in [2.05, 4.69) is 11.9 Å². The normalized spacial score (nSPS) is 23.2. The van der Waals surface area contributed by atoms with E-state index in [-0.39, 0.29) is 11.9 Å². The van der Waals surface area contributed by atoms with Crippen LogP contribution >= 0.6 is 0 Å². The molecule has 112 valence electrons. The van der Waals surface area contributed by atoms with Gasteiger partial charge in [-0.2, -0.15) is 0 Å². The van der Waals surface area contributed by atoms with Crippen LogP contribution < -0.4 is 10.5 Å². The Kier molecular flexibility index (Phi) is 4.96. The van der Waals surface area contributed by atoms with Crippen LogP contribution in [0, 0.1) is 11.7 Å². The van der Waals surface area contributed by atoms with Gasteiger partial charge in [0.1, 0.15) is 11.6 Å². The molecule has 5 heteroatoms. The first-order chi connectivity index (χ1) is 9.60. The molecule has 2 rings (SSSR count). The highest BCUT2D eigenvalue weighted by molar-refractivity contribution is 5.43.